The molecular formula is C20H24F3N3O5. The molecule has 1 aliphatic carbocycles. The van der Waals surface area contributed by atoms with E-state index in [4.69, 9.17) is 14.6 Å². The lowest BCUT2D eigenvalue weighted by molar-refractivity contribution is -0.192. The molecule has 2 amide bonds. The summed E-state index contributed by atoms with van der Waals surface area (Å²) in [6.07, 6.45) is -0.716. The third-order valence-electron chi connectivity index (χ3n) is 5.87. The molecule has 2 unspecified atom stereocenters. The molecule has 1 saturated carbocycles. The molecule has 0 bridgehead atoms. The number of nitrogens with one attached hydrogen (secondary N) is 1. The van der Waals surface area contributed by atoms with E-state index in [-0.39, 0.29) is 23.8 Å². The van der Waals surface area contributed by atoms with Crippen molar-refractivity contribution < 1.29 is 37.4 Å². The Morgan fingerprint density at radius 2 is 2.00 bits per heavy atom. The summed E-state index contributed by atoms with van der Waals surface area (Å²) >= 11 is 0. The molecule has 0 spiro atoms. The Hall–Kier alpha value is -2.69. The molecule has 2 N–H and O–H groups in total. The van der Waals surface area contributed by atoms with E-state index in [1.165, 1.54) is 0 Å². The van der Waals surface area contributed by atoms with Gasteiger partial charge in [-0.3, -0.25) is 14.6 Å². The summed E-state index contributed by atoms with van der Waals surface area (Å²) in [6, 6.07) is 3.51. The molecule has 2 saturated heterocycles. The Morgan fingerprint density at radius 1 is 1.32 bits per heavy atom. The maximum atomic E-state index is 12.4. The number of ether oxygens (including phenoxy) is 1. The van der Waals surface area contributed by atoms with Crippen LogP contribution in [-0.2, 0) is 14.3 Å². The number of carboxylic acid groups (broad SMARTS) is 1. The minimum atomic E-state index is -5.08. The smallest absolute Gasteiger partial charge is 0.475 e. The van der Waals surface area contributed by atoms with Crippen molar-refractivity contribution in [3.05, 3.63) is 30.1 Å². The van der Waals surface area contributed by atoms with Crippen LogP contribution in [0.3, 0.4) is 0 Å². The summed E-state index contributed by atoms with van der Waals surface area (Å²) in [5.74, 6) is -1.21. The zero-order valence-corrected chi connectivity index (χ0v) is 16.8. The first-order chi connectivity index (χ1) is 14.6. The van der Waals surface area contributed by atoms with Gasteiger partial charge in [-0.15, -0.1) is 0 Å². The molecule has 3 heterocycles. The summed E-state index contributed by atoms with van der Waals surface area (Å²) in [7, 11) is 0. The lowest BCUT2D eigenvalue weighted by Crippen LogP contribution is -2.36. The number of aliphatic carboxylic acids is 1. The average molecular weight is 443 g/mol. The number of rotatable bonds is 4. The Morgan fingerprint density at radius 3 is 2.55 bits per heavy atom. The number of carbonyl (C=O) groups is 3. The quantitative estimate of drug-likeness (QED) is 0.732. The number of pyridine rings is 1. The number of aromatic nitrogens is 1. The van der Waals surface area contributed by atoms with E-state index in [1.807, 2.05) is 4.90 Å². The van der Waals surface area contributed by atoms with Crippen LogP contribution in [0.1, 0.15) is 23.7 Å². The van der Waals surface area contributed by atoms with E-state index in [2.05, 4.69) is 17.2 Å². The van der Waals surface area contributed by atoms with Crippen LogP contribution in [0.2, 0.25) is 0 Å². The van der Waals surface area contributed by atoms with Gasteiger partial charge in [-0.25, -0.2) is 4.79 Å². The van der Waals surface area contributed by atoms with Crippen molar-refractivity contribution in [2.75, 3.05) is 26.2 Å². The van der Waals surface area contributed by atoms with Crippen molar-refractivity contribution in [1.29, 1.82) is 0 Å². The molecule has 170 valence electrons. The molecule has 3 fully saturated rings. The second-order valence-corrected chi connectivity index (χ2v) is 8.11. The highest BCUT2D eigenvalue weighted by molar-refractivity contribution is 5.93. The van der Waals surface area contributed by atoms with Crippen LogP contribution >= 0.6 is 0 Å². The van der Waals surface area contributed by atoms with Crippen molar-refractivity contribution >= 4 is 17.8 Å². The predicted molar refractivity (Wildman–Crippen MR) is 101 cm³/mol. The second-order valence-electron chi connectivity index (χ2n) is 8.11. The number of alkyl halides is 3. The van der Waals surface area contributed by atoms with Crippen LogP contribution < -0.4 is 5.32 Å². The molecule has 11 heteroatoms. The van der Waals surface area contributed by atoms with E-state index >= 15 is 0 Å². The van der Waals surface area contributed by atoms with E-state index in [9.17, 15) is 22.8 Å². The molecule has 8 nitrogen and oxygen atoms in total. The Kier molecular flexibility index (Phi) is 6.83. The fraction of sp³-hybridized carbons (Fsp3) is 0.600. The number of hydrogen-bond donors (Lipinski definition) is 2. The zero-order valence-electron chi connectivity index (χ0n) is 16.8. The number of nitrogens with zero attached hydrogens (tertiary/aromatic N) is 2. The molecule has 31 heavy (non-hydrogen) atoms. The van der Waals surface area contributed by atoms with Crippen LogP contribution in [0.25, 0.3) is 0 Å². The summed E-state index contributed by atoms with van der Waals surface area (Å²) in [4.78, 5) is 39.4. The highest BCUT2D eigenvalue weighted by atomic mass is 19.4. The Balaban J connectivity index is 0.000000339. The van der Waals surface area contributed by atoms with Gasteiger partial charge in [-0.05, 0) is 24.5 Å². The average Bonchev–Trinajstić information content (AvgIpc) is 3.13. The van der Waals surface area contributed by atoms with Crippen LogP contribution in [-0.4, -0.2) is 71.3 Å². The normalized spacial score (nSPS) is 28.9. The van der Waals surface area contributed by atoms with E-state index in [0.29, 0.717) is 43.0 Å². The molecule has 3 aliphatic rings. The topological polar surface area (TPSA) is 109 Å². The molecule has 2 aliphatic heterocycles. The van der Waals surface area contributed by atoms with Gasteiger partial charge in [0.05, 0.1) is 18.3 Å². The van der Waals surface area contributed by atoms with Gasteiger partial charge in [0.2, 0.25) is 5.91 Å². The number of likely N-dealkylation sites (tertiary alicyclic amines) is 1. The highest BCUT2D eigenvalue weighted by Crippen LogP contribution is 2.41. The molecule has 5 atom stereocenters. The maximum absolute atomic E-state index is 12.4. The lowest BCUT2D eigenvalue weighted by atomic mass is 9.93. The van der Waals surface area contributed by atoms with Crippen LogP contribution in [0, 0.1) is 23.7 Å². The van der Waals surface area contributed by atoms with E-state index in [0.717, 1.165) is 13.0 Å². The lowest BCUT2D eigenvalue weighted by Gasteiger charge is -2.20. The highest BCUT2D eigenvalue weighted by Gasteiger charge is 2.49. The van der Waals surface area contributed by atoms with Crippen molar-refractivity contribution in [2.45, 2.75) is 25.6 Å². The number of carboxylic acids is 1. The van der Waals surface area contributed by atoms with Gasteiger partial charge in [-0.2, -0.15) is 13.2 Å². The molecular weight excluding hydrogens is 419 g/mol. The number of halogens is 3. The SMILES string of the molecule is CC1CC1C(=O)N1C[C@@H]2[C@@H](CNC(=O)c3cccnc3)CO[C@@H]2C1.O=C(O)C(F)(F)F. The van der Waals surface area contributed by atoms with Crippen LogP contribution in [0.4, 0.5) is 13.2 Å². The fourth-order valence-corrected chi connectivity index (χ4v) is 3.91. The summed E-state index contributed by atoms with van der Waals surface area (Å²) in [5, 5.41) is 10.1. The van der Waals surface area contributed by atoms with Gasteiger partial charge in [0.25, 0.3) is 5.91 Å². The van der Waals surface area contributed by atoms with Gasteiger partial charge < -0.3 is 20.1 Å². The predicted octanol–water partition coefficient (Wildman–Crippen LogP) is 1.57. The molecule has 0 radical (unpaired) electrons. The molecule has 4 rings (SSSR count). The van der Waals surface area contributed by atoms with E-state index in [1.54, 1.807) is 24.5 Å². The third-order valence-corrected chi connectivity index (χ3v) is 5.87. The number of carbonyl (C=O) groups excluding carboxylic acids is 2. The van der Waals surface area contributed by atoms with Crippen LogP contribution in [0.15, 0.2) is 24.5 Å². The summed E-state index contributed by atoms with van der Waals surface area (Å²) in [5.41, 5.74) is 0.568. The Labute approximate surface area is 176 Å². The maximum Gasteiger partial charge on any atom is 0.490 e. The zero-order chi connectivity index (χ0) is 22.8. The minimum absolute atomic E-state index is 0.107. The summed E-state index contributed by atoms with van der Waals surface area (Å²) < 4.78 is 37.6. The largest absolute Gasteiger partial charge is 0.490 e. The number of amides is 2. The van der Waals surface area contributed by atoms with Crippen molar-refractivity contribution in [2.24, 2.45) is 23.7 Å². The van der Waals surface area contributed by atoms with E-state index < -0.39 is 12.1 Å². The molecule has 1 aromatic rings. The van der Waals surface area contributed by atoms with Crippen molar-refractivity contribution in [3.8, 4) is 0 Å². The first-order valence-electron chi connectivity index (χ1n) is 9.96. The first kappa shape index (κ1) is 23.0. The van der Waals surface area contributed by atoms with Gasteiger partial charge in [0.15, 0.2) is 0 Å². The molecule has 0 aromatic carbocycles. The van der Waals surface area contributed by atoms with Crippen molar-refractivity contribution in [3.63, 3.8) is 0 Å². The number of hydrogen-bond acceptors (Lipinski definition) is 5. The van der Waals surface area contributed by atoms with Crippen molar-refractivity contribution in [1.82, 2.24) is 15.2 Å². The monoisotopic (exact) mass is 443 g/mol. The van der Waals surface area contributed by atoms with Crippen LogP contribution in [0.5, 0.6) is 0 Å². The third kappa shape index (κ3) is 5.72. The van der Waals surface area contributed by atoms with Gasteiger partial charge in [0.1, 0.15) is 0 Å². The van der Waals surface area contributed by atoms with Gasteiger partial charge in [-0.1, -0.05) is 6.92 Å². The number of fused-ring (bicyclic) bond motifs is 1. The van der Waals surface area contributed by atoms with Gasteiger partial charge in [0, 0.05) is 49.8 Å². The molecule has 1 aromatic heterocycles. The first-order valence-corrected chi connectivity index (χ1v) is 9.96. The van der Waals surface area contributed by atoms with Gasteiger partial charge >= 0.3 is 12.1 Å². The standard InChI is InChI=1S/C18H23N3O3.C2HF3O2/c1-11-5-14(11)18(23)21-8-15-13(10-24-16(15)9-21)7-20-17(22)12-3-2-4-19-6-12;3-2(4,5)1(6)7/h2-4,6,11,13-16H,5,7-10H2,1H3,(H,20,22);(H,6,7)/t11?,13-,14?,15+,16+;/m0./s1. The summed E-state index contributed by atoms with van der Waals surface area (Å²) in [6.45, 7) is 4.84. The Bertz CT molecular complexity index is 820. The minimum Gasteiger partial charge on any atom is -0.475 e. The fourth-order valence-electron chi connectivity index (χ4n) is 3.91. The second kappa shape index (κ2) is 9.21.